The van der Waals surface area contributed by atoms with Gasteiger partial charge in [-0.25, -0.2) is 0 Å². The van der Waals surface area contributed by atoms with E-state index in [0.717, 1.165) is 17.5 Å². The number of carbonyl (C=O) groups is 1. The fourth-order valence-electron chi connectivity index (χ4n) is 2.19. The normalized spacial score (nSPS) is 11.7. The van der Waals surface area contributed by atoms with Crippen LogP contribution in [0, 0.1) is 0 Å². The second-order valence-electron chi connectivity index (χ2n) is 5.13. The van der Waals surface area contributed by atoms with Gasteiger partial charge in [0.2, 0.25) is 0 Å². The number of methoxy groups -OCH3 is 1. The van der Waals surface area contributed by atoms with Crippen LogP contribution in [0.2, 0.25) is 0 Å². The molecule has 1 heterocycles. The lowest BCUT2D eigenvalue weighted by atomic mass is 10.1. The van der Waals surface area contributed by atoms with Gasteiger partial charge in [-0.1, -0.05) is 18.2 Å². The zero-order valence-electron chi connectivity index (χ0n) is 12.3. The van der Waals surface area contributed by atoms with Crippen LogP contribution in [0.4, 0.5) is 0 Å². The highest BCUT2D eigenvalue weighted by Crippen LogP contribution is 2.21. The van der Waals surface area contributed by atoms with E-state index in [1.165, 1.54) is 0 Å². The number of hydrogen-bond donors (Lipinski definition) is 0. The van der Waals surface area contributed by atoms with E-state index in [2.05, 4.69) is 18.7 Å². The van der Waals surface area contributed by atoms with Crippen LogP contribution in [0.15, 0.2) is 34.9 Å². The van der Waals surface area contributed by atoms with E-state index < -0.39 is 0 Å². The maximum Gasteiger partial charge on any atom is 0.180 e. The summed E-state index contributed by atoms with van der Waals surface area (Å²) in [6.07, 6.45) is 1.56. The van der Waals surface area contributed by atoms with Gasteiger partial charge in [0.05, 0.1) is 18.7 Å². The predicted molar refractivity (Wildman–Crippen MR) is 79.1 cm³/mol. The van der Waals surface area contributed by atoms with Crippen molar-refractivity contribution in [1.82, 2.24) is 4.90 Å². The predicted octanol–water partition coefficient (Wildman–Crippen LogP) is 2.97. The minimum atomic E-state index is 0.0831. The third-order valence-corrected chi connectivity index (χ3v) is 3.44. The van der Waals surface area contributed by atoms with Crippen LogP contribution >= 0.6 is 0 Å². The summed E-state index contributed by atoms with van der Waals surface area (Å²) in [4.78, 5) is 14.6. The van der Waals surface area contributed by atoms with Gasteiger partial charge in [-0.05, 0) is 19.9 Å². The lowest BCUT2D eigenvalue weighted by Gasteiger charge is -2.25. The first-order valence-electron chi connectivity index (χ1n) is 6.86. The van der Waals surface area contributed by atoms with Gasteiger partial charge in [-0.15, -0.1) is 0 Å². The number of benzene rings is 1. The van der Waals surface area contributed by atoms with E-state index >= 15 is 0 Å². The van der Waals surface area contributed by atoms with E-state index in [1.54, 1.807) is 13.4 Å². The monoisotopic (exact) mass is 275 g/mol. The Labute approximate surface area is 119 Å². The van der Waals surface area contributed by atoms with Crippen molar-refractivity contribution in [3.8, 4) is 0 Å². The molecule has 4 nitrogen and oxygen atoms in total. The molecule has 0 radical (unpaired) electrons. The first-order chi connectivity index (χ1) is 9.63. The number of ketones is 1. The van der Waals surface area contributed by atoms with Gasteiger partial charge in [-0.2, -0.15) is 0 Å². The van der Waals surface area contributed by atoms with Gasteiger partial charge in [-0.3, -0.25) is 9.69 Å². The van der Waals surface area contributed by atoms with Crippen LogP contribution in [0.5, 0.6) is 0 Å². The highest BCUT2D eigenvalue weighted by atomic mass is 16.5. The Morgan fingerprint density at radius 2 is 2.10 bits per heavy atom. The Bertz CT molecular complexity index is 574. The Morgan fingerprint density at radius 1 is 1.35 bits per heavy atom. The first kappa shape index (κ1) is 14.8. The maximum atomic E-state index is 12.5. The molecule has 0 unspecified atom stereocenters. The van der Waals surface area contributed by atoms with Crippen LogP contribution in [-0.4, -0.2) is 43.5 Å². The summed E-state index contributed by atoms with van der Waals surface area (Å²) >= 11 is 0. The molecule has 108 valence electrons. The Morgan fingerprint density at radius 3 is 2.80 bits per heavy atom. The topological polar surface area (TPSA) is 42.7 Å². The van der Waals surface area contributed by atoms with Crippen LogP contribution < -0.4 is 0 Å². The lowest BCUT2D eigenvalue weighted by Crippen LogP contribution is -2.38. The Hall–Kier alpha value is -1.65. The summed E-state index contributed by atoms with van der Waals surface area (Å²) in [5.74, 6) is 0.0831. The van der Waals surface area contributed by atoms with Gasteiger partial charge in [0.25, 0.3) is 0 Å². The largest absolute Gasteiger partial charge is 0.464 e. The SMILES string of the molecule is COCCN(CC(=O)c1coc2ccccc12)C(C)C. The van der Waals surface area contributed by atoms with E-state index in [4.69, 9.17) is 9.15 Å². The van der Waals surface area contributed by atoms with Crippen molar-refractivity contribution in [3.05, 3.63) is 36.1 Å². The summed E-state index contributed by atoms with van der Waals surface area (Å²) in [5.41, 5.74) is 1.41. The average Bonchev–Trinajstić information content (AvgIpc) is 2.87. The molecule has 0 fully saturated rings. The summed E-state index contributed by atoms with van der Waals surface area (Å²) in [7, 11) is 1.67. The smallest absolute Gasteiger partial charge is 0.180 e. The number of ether oxygens (including phenoxy) is 1. The number of fused-ring (bicyclic) bond motifs is 1. The quantitative estimate of drug-likeness (QED) is 0.729. The van der Waals surface area contributed by atoms with Crippen LogP contribution in [0.1, 0.15) is 24.2 Å². The van der Waals surface area contributed by atoms with Crippen molar-refractivity contribution in [2.75, 3.05) is 26.8 Å². The van der Waals surface area contributed by atoms with Crippen molar-refractivity contribution in [2.45, 2.75) is 19.9 Å². The molecule has 20 heavy (non-hydrogen) atoms. The van der Waals surface area contributed by atoms with Gasteiger partial charge in [0.15, 0.2) is 5.78 Å². The molecule has 1 aromatic carbocycles. The van der Waals surface area contributed by atoms with Gasteiger partial charge in [0, 0.05) is 25.1 Å². The molecule has 2 aromatic rings. The second-order valence-corrected chi connectivity index (χ2v) is 5.13. The van der Waals surface area contributed by atoms with Crippen molar-refractivity contribution in [2.24, 2.45) is 0 Å². The van der Waals surface area contributed by atoms with Crippen molar-refractivity contribution in [1.29, 1.82) is 0 Å². The highest BCUT2D eigenvalue weighted by Gasteiger charge is 2.18. The summed E-state index contributed by atoms with van der Waals surface area (Å²) in [6, 6.07) is 7.91. The highest BCUT2D eigenvalue weighted by molar-refractivity contribution is 6.08. The minimum absolute atomic E-state index is 0.0831. The Kier molecular flexibility index (Phi) is 4.93. The summed E-state index contributed by atoms with van der Waals surface area (Å²) < 4.78 is 10.5. The Balaban J connectivity index is 2.14. The third kappa shape index (κ3) is 3.26. The van der Waals surface area contributed by atoms with Crippen LogP contribution in [-0.2, 0) is 4.74 Å². The molecule has 0 spiro atoms. The number of furan rings is 1. The number of hydrogen-bond acceptors (Lipinski definition) is 4. The van der Waals surface area contributed by atoms with Crippen LogP contribution in [0.3, 0.4) is 0 Å². The van der Waals surface area contributed by atoms with Gasteiger partial charge in [0.1, 0.15) is 11.8 Å². The number of carbonyl (C=O) groups excluding carboxylic acids is 1. The number of para-hydroxylation sites is 1. The molecule has 0 atom stereocenters. The molecular weight excluding hydrogens is 254 g/mol. The second kappa shape index (κ2) is 6.68. The molecule has 4 heteroatoms. The molecule has 0 amide bonds. The molecule has 0 saturated carbocycles. The van der Waals surface area contributed by atoms with E-state index in [9.17, 15) is 4.79 Å². The fraction of sp³-hybridized carbons (Fsp3) is 0.438. The zero-order valence-corrected chi connectivity index (χ0v) is 12.3. The molecule has 0 N–H and O–H groups in total. The minimum Gasteiger partial charge on any atom is -0.464 e. The molecule has 0 aliphatic heterocycles. The average molecular weight is 275 g/mol. The molecular formula is C16H21NO3. The van der Waals surface area contributed by atoms with E-state index in [-0.39, 0.29) is 5.78 Å². The summed E-state index contributed by atoms with van der Waals surface area (Å²) in [6.45, 7) is 5.91. The zero-order chi connectivity index (χ0) is 14.5. The molecule has 0 aliphatic carbocycles. The molecule has 1 aromatic heterocycles. The molecule has 0 aliphatic rings. The van der Waals surface area contributed by atoms with Crippen LogP contribution in [0.25, 0.3) is 11.0 Å². The molecule has 0 bridgehead atoms. The number of Topliss-reactive ketones (excluding diaryl/α,β-unsaturated/α-hetero) is 1. The lowest BCUT2D eigenvalue weighted by molar-refractivity contribution is 0.0852. The third-order valence-electron chi connectivity index (χ3n) is 3.44. The first-order valence-corrected chi connectivity index (χ1v) is 6.86. The van der Waals surface area contributed by atoms with Crippen molar-refractivity contribution < 1.29 is 13.9 Å². The van der Waals surface area contributed by atoms with Gasteiger partial charge >= 0.3 is 0 Å². The maximum absolute atomic E-state index is 12.5. The number of rotatable bonds is 7. The van der Waals surface area contributed by atoms with E-state index in [1.807, 2.05) is 24.3 Å². The fourth-order valence-corrected chi connectivity index (χ4v) is 2.19. The number of nitrogens with zero attached hydrogens (tertiary/aromatic N) is 1. The van der Waals surface area contributed by atoms with Crippen molar-refractivity contribution in [3.63, 3.8) is 0 Å². The molecule has 2 rings (SSSR count). The summed E-state index contributed by atoms with van der Waals surface area (Å²) in [5, 5.41) is 0.882. The van der Waals surface area contributed by atoms with Crippen molar-refractivity contribution >= 4 is 16.8 Å². The van der Waals surface area contributed by atoms with Gasteiger partial charge < -0.3 is 9.15 Å². The van der Waals surface area contributed by atoms with E-state index in [0.29, 0.717) is 24.8 Å². The molecule has 0 saturated heterocycles. The standard InChI is InChI=1S/C16H21NO3/c1-12(2)17(8-9-19-3)10-15(18)14-11-20-16-7-5-4-6-13(14)16/h4-7,11-12H,8-10H2,1-3H3.